The molecule has 0 aromatic carbocycles. The third-order valence-electron chi connectivity index (χ3n) is 4.92. The molecule has 0 bridgehead atoms. The fourth-order valence-electron chi connectivity index (χ4n) is 2.91. The van der Waals surface area contributed by atoms with E-state index in [1.165, 1.54) is 0 Å². The number of rotatable bonds is 20. The molecule has 0 aromatic heterocycles. The first-order chi connectivity index (χ1) is 19.7. The van der Waals surface area contributed by atoms with Crippen molar-refractivity contribution in [1.82, 2.24) is 31.9 Å². The Hall–Kier alpha value is -4.66. The SMILES string of the molecule is NCC(=O)N[C@@H](CCCN=C(N)N)C(=O)NCC(=O)N[C@@H](CC(=O)O)C(=O)NCC(=O)NCC(=O)N[C@@H](CS)C(=O)O. The Morgan fingerprint density at radius 2 is 1.21 bits per heavy atom. The molecule has 20 nitrogen and oxygen atoms in total. The monoisotopic (exact) mass is 620 g/mol. The molecule has 236 valence electrons. The second-order valence-electron chi connectivity index (χ2n) is 8.34. The summed E-state index contributed by atoms with van der Waals surface area (Å²) >= 11 is 3.78. The summed E-state index contributed by atoms with van der Waals surface area (Å²) in [6.45, 7) is -2.29. The van der Waals surface area contributed by atoms with Crippen LogP contribution in [-0.2, 0) is 38.4 Å². The van der Waals surface area contributed by atoms with Crippen LogP contribution in [0.1, 0.15) is 19.3 Å². The van der Waals surface area contributed by atoms with Gasteiger partial charge in [-0.1, -0.05) is 0 Å². The Bertz CT molecular complexity index is 1040. The summed E-state index contributed by atoms with van der Waals surface area (Å²) in [6.07, 6.45) is -0.514. The molecule has 0 aliphatic carbocycles. The highest BCUT2D eigenvalue weighted by Gasteiger charge is 2.26. The minimum Gasteiger partial charge on any atom is -0.481 e. The quantitative estimate of drug-likeness (QED) is 0.0261. The molecule has 42 heavy (non-hydrogen) atoms. The number of hydrogen-bond donors (Lipinski definition) is 12. The fraction of sp³-hybridized carbons (Fsp3) is 0.571. The lowest BCUT2D eigenvalue weighted by Gasteiger charge is -2.19. The van der Waals surface area contributed by atoms with Gasteiger partial charge in [-0.05, 0) is 12.8 Å². The third-order valence-corrected chi connectivity index (χ3v) is 5.29. The summed E-state index contributed by atoms with van der Waals surface area (Å²) in [5.74, 6) is -8.34. The van der Waals surface area contributed by atoms with Crippen LogP contribution < -0.4 is 49.1 Å². The summed E-state index contributed by atoms with van der Waals surface area (Å²) < 4.78 is 0. The molecule has 0 fully saturated rings. The standard InChI is InChI=1S/C21H36N10O10S/c22-5-13(32)29-10(2-1-3-25-21(23)24)18(38)28-8-16(35)30-11(4-17(36)37)19(39)27-6-14(33)26-7-15(34)31-12(9-42)20(40)41/h10-12,42H,1-9,22H2,(H,26,33)(H,27,39)(H,28,38)(H,29,32)(H,30,35)(H,31,34)(H,36,37)(H,40,41)(H4,23,24,25)/t10-,11-,12-/m0/s1. The normalized spacial score (nSPS) is 12.3. The van der Waals surface area contributed by atoms with Crippen LogP contribution >= 0.6 is 12.6 Å². The average molecular weight is 621 g/mol. The first-order valence-corrected chi connectivity index (χ1v) is 12.8. The van der Waals surface area contributed by atoms with E-state index >= 15 is 0 Å². The number of guanidine groups is 1. The third kappa shape index (κ3) is 17.1. The Kier molecular flexibility index (Phi) is 18.0. The van der Waals surface area contributed by atoms with E-state index in [1.54, 1.807) is 0 Å². The van der Waals surface area contributed by atoms with E-state index in [1.807, 2.05) is 0 Å². The molecule has 0 rings (SSSR count). The molecule has 0 aromatic rings. The van der Waals surface area contributed by atoms with Gasteiger partial charge in [-0.3, -0.25) is 38.6 Å². The topological polar surface area (TPSA) is 340 Å². The van der Waals surface area contributed by atoms with E-state index in [4.69, 9.17) is 27.4 Å². The largest absolute Gasteiger partial charge is 0.481 e. The number of nitrogens with one attached hydrogen (secondary N) is 6. The highest BCUT2D eigenvalue weighted by atomic mass is 32.1. The van der Waals surface area contributed by atoms with Crippen LogP contribution in [0.4, 0.5) is 0 Å². The van der Waals surface area contributed by atoms with E-state index in [2.05, 4.69) is 49.5 Å². The van der Waals surface area contributed by atoms with Crippen molar-refractivity contribution in [2.24, 2.45) is 22.2 Å². The summed E-state index contributed by atoms with van der Waals surface area (Å²) in [5.41, 5.74) is 15.7. The van der Waals surface area contributed by atoms with Crippen molar-refractivity contribution < 1.29 is 48.6 Å². The molecular formula is C21H36N10O10S. The molecule has 0 aliphatic rings. The van der Waals surface area contributed by atoms with Gasteiger partial charge in [0.1, 0.15) is 18.1 Å². The smallest absolute Gasteiger partial charge is 0.327 e. The molecule has 3 atom stereocenters. The van der Waals surface area contributed by atoms with E-state index in [0.717, 1.165) is 0 Å². The maximum absolute atomic E-state index is 12.5. The number of aliphatic carboxylic acids is 2. The van der Waals surface area contributed by atoms with E-state index < -0.39 is 98.1 Å². The van der Waals surface area contributed by atoms with Crippen LogP contribution in [0.3, 0.4) is 0 Å². The lowest BCUT2D eigenvalue weighted by molar-refractivity contribution is -0.141. The van der Waals surface area contributed by atoms with Crippen LogP contribution in [0.15, 0.2) is 4.99 Å². The molecule has 0 unspecified atom stereocenters. The van der Waals surface area contributed by atoms with Crippen molar-refractivity contribution in [3.63, 3.8) is 0 Å². The lowest BCUT2D eigenvalue weighted by atomic mass is 10.1. The maximum Gasteiger partial charge on any atom is 0.327 e. The predicted octanol–water partition coefficient (Wildman–Crippen LogP) is -6.71. The highest BCUT2D eigenvalue weighted by molar-refractivity contribution is 7.80. The molecule has 0 saturated carbocycles. The molecule has 0 saturated heterocycles. The van der Waals surface area contributed by atoms with Crippen molar-refractivity contribution in [3.05, 3.63) is 0 Å². The van der Waals surface area contributed by atoms with Crippen LogP contribution in [0.25, 0.3) is 0 Å². The number of thiol groups is 1. The molecule has 21 heteroatoms. The number of amides is 6. The van der Waals surface area contributed by atoms with Crippen molar-refractivity contribution in [3.8, 4) is 0 Å². The van der Waals surface area contributed by atoms with Gasteiger partial charge in [0.05, 0.1) is 32.6 Å². The molecular weight excluding hydrogens is 584 g/mol. The first-order valence-electron chi connectivity index (χ1n) is 12.2. The van der Waals surface area contributed by atoms with Crippen LogP contribution in [0, 0.1) is 0 Å². The Labute approximate surface area is 244 Å². The number of hydrogen-bond acceptors (Lipinski definition) is 11. The molecule has 0 radical (unpaired) electrons. The number of nitrogens with two attached hydrogens (primary N) is 3. The average Bonchev–Trinajstić information content (AvgIpc) is 2.92. The number of nitrogens with zero attached hydrogens (tertiary/aromatic N) is 1. The summed E-state index contributed by atoms with van der Waals surface area (Å²) in [5, 5.41) is 31.0. The Morgan fingerprint density at radius 1 is 0.714 bits per heavy atom. The van der Waals surface area contributed by atoms with Gasteiger partial charge in [0.25, 0.3) is 0 Å². The second kappa shape index (κ2) is 20.3. The zero-order valence-electron chi connectivity index (χ0n) is 22.4. The fourth-order valence-corrected chi connectivity index (χ4v) is 3.16. The van der Waals surface area contributed by atoms with Crippen molar-refractivity contribution in [1.29, 1.82) is 0 Å². The number of carboxylic acids is 2. The van der Waals surface area contributed by atoms with Gasteiger partial charge in [-0.25, -0.2) is 4.79 Å². The lowest BCUT2D eigenvalue weighted by Crippen LogP contribution is -2.54. The maximum atomic E-state index is 12.5. The van der Waals surface area contributed by atoms with Gasteiger partial charge < -0.3 is 59.3 Å². The first kappa shape index (κ1) is 37.3. The summed E-state index contributed by atoms with van der Waals surface area (Å²) in [7, 11) is 0. The van der Waals surface area contributed by atoms with Gasteiger partial charge in [-0.2, -0.15) is 12.6 Å². The van der Waals surface area contributed by atoms with Crippen LogP contribution in [-0.4, -0.2) is 120 Å². The van der Waals surface area contributed by atoms with Crippen LogP contribution in [0.2, 0.25) is 0 Å². The second-order valence-corrected chi connectivity index (χ2v) is 8.71. The number of carbonyl (C=O) groups excluding carboxylic acids is 6. The van der Waals surface area contributed by atoms with Gasteiger partial charge in [-0.15, -0.1) is 0 Å². The number of carbonyl (C=O) groups is 8. The van der Waals surface area contributed by atoms with Gasteiger partial charge in [0, 0.05) is 12.3 Å². The summed E-state index contributed by atoms with van der Waals surface area (Å²) in [6, 6.07) is -4.04. The Morgan fingerprint density at radius 3 is 1.71 bits per heavy atom. The van der Waals surface area contributed by atoms with Crippen molar-refractivity contribution >= 4 is 66.0 Å². The summed E-state index contributed by atoms with van der Waals surface area (Å²) in [4.78, 5) is 98.4. The van der Waals surface area contributed by atoms with Gasteiger partial charge in [0.15, 0.2) is 5.96 Å². The molecule has 0 aliphatic heterocycles. The predicted molar refractivity (Wildman–Crippen MR) is 148 cm³/mol. The Balaban J connectivity index is 4.93. The highest BCUT2D eigenvalue weighted by Crippen LogP contribution is 1.99. The zero-order chi connectivity index (χ0) is 32.2. The minimum absolute atomic E-state index is 0.0824. The zero-order valence-corrected chi connectivity index (χ0v) is 23.3. The van der Waals surface area contributed by atoms with E-state index in [-0.39, 0.29) is 31.1 Å². The van der Waals surface area contributed by atoms with Gasteiger partial charge in [0.2, 0.25) is 35.4 Å². The van der Waals surface area contributed by atoms with Crippen molar-refractivity contribution in [2.75, 3.05) is 38.5 Å². The van der Waals surface area contributed by atoms with Gasteiger partial charge >= 0.3 is 11.9 Å². The molecule has 0 heterocycles. The van der Waals surface area contributed by atoms with E-state index in [9.17, 15) is 38.4 Å². The number of carboxylic acid groups (broad SMARTS) is 2. The molecule has 6 amide bonds. The minimum atomic E-state index is -1.65. The molecule has 0 spiro atoms. The number of aliphatic imine (C=N–C) groups is 1. The molecule has 14 N–H and O–H groups in total. The van der Waals surface area contributed by atoms with E-state index in [0.29, 0.717) is 0 Å². The van der Waals surface area contributed by atoms with Crippen molar-refractivity contribution in [2.45, 2.75) is 37.4 Å². The van der Waals surface area contributed by atoms with Crippen LogP contribution in [0.5, 0.6) is 0 Å².